The van der Waals surface area contributed by atoms with Crippen LogP contribution in [-0.4, -0.2) is 57.7 Å². The number of morpholine rings is 1. The monoisotopic (exact) mass is 432 g/mol. The highest BCUT2D eigenvalue weighted by Crippen LogP contribution is 2.31. The molecule has 0 unspecified atom stereocenters. The summed E-state index contributed by atoms with van der Waals surface area (Å²) in [6.07, 6.45) is 1.83. The molecule has 1 fully saturated rings. The largest absolute Gasteiger partial charge is 0.378 e. The first-order chi connectivity index (χ1) is 15.5. The SMILES string of the molecule is CO[C@H](C)c1nc2c(N3CCOCC3)cc(-n3ccc(-c4cccc(C)c4)n3)nc2n1C. The van der Waals surface area contributed by atoms with Crippen LogP contribution in [0.4, 0.5) is 5.69 Å². The number of pyridine rings is 1. The van der Waals surface area contributed by atoms with Gasteiger partial charge in [-0.25, -0.2) is 14.6 Å². The maximum atomic E-state index is 5.57. The molecular formula is C24H28N6O2. The van der Waals surface area contributed by atoms with Crippen LogP contribution < -0.4 is 4.90 Å². The summed E-state index contributed by atoms with van der Waals surface area (Å²) < 4.78 is 15.0. The number of aromatic nitrogens is 5. The predicted octanol–water partition coefficient (Wildman–Crippen LogP) is 3.67. The zero-order valence-corrected chi connectivity index (χ0v) is 18.9. The number of imidazole rings is 1. The Morgan fingerprint density at radius 3 is 2.66 bits per heavy atom. The van der Waals surface area contributed by atoms with Gasteiger partial charge in [-0.1, -0.05) is 23.8 Å². The minimum Gasteiger partial charge on any atom is -0.378 e. The number of anilines is 1. The summed E-state index contributed by atoms with van der Waals surface area (Å²) in [6.45, 7) is 7.12. The van der Waals surface area contributed by atoms with Crippen molar-refractivity contribution in [2.24, 2.45) is 7.05 Å². The average molecular weight is 433 g/mol. The minimum atomic E-state index is -0.132. The first-order valence-corrected chi connectivity index (χ1v) is 10.9. The normalized spacial score (nSPS) is 15.4. The van der Waals surface area contributed by atoms with Gasteiger partial charge in [0.2, 0.25) is 0 Å². The third-order valence-electron chi connectivity index (χ3n) is 6.03. The Bertz CT molecular complexity index is 1250. The van der Waals surface area contributed by atoms with Gasteiger partial charge in [-0.2, -0.15) is 5.10 Å². The molecule has 4 aromatic rings. The maximum Gasteiger partial charge on any atom is 0.164 e. The first kappa shape index (κ1) is 20.7. The molecule has 0 aliphatic carbocycles. The van der Waals surface area contributed by atoms with Gasteiger partial charge in [0.15, 0.2) is 11.5 Å². The van der Waals surface area contributed by atoms with Gasteiger partial charge in [0.25, 0.3) is 0 Å². The maximum absolute atomic E-state index is 5.57. The summed E-state index contributed by atoms with van der Waals surface area (Å²) in [6, 6.07) is 12.5. The van der Waals surface area contributed by atoms with Crippen LogP contribution in [0.5, 0.6) is 0 Å². The second-order valence-electron chi connectivity index (χ2n) is 8.19. The third kappa shape index (κ3) is 3.65. The lowest BCUT2D eigenvalue weighted by molar-refractivity contribution is 0.110. The number of methoxy groups -OCH3 is 1. The molecule has 0 saturated carbocycles. The fraction of sp³-hybridized carbons (Fsp3) is 0.375. The van der Waals surface area contributed by atoms with E-state index in [0.717, 1.165) is 52.8 Å². The van der Waals surface area contributed by atoms with E-state index in [9.17, 15) is 0 Å². The molecule has 4 heterocycles. The van der Waals surface area contributed by atoms with Crippen molar-refractivity contribution in [3.05, 3.63) is 54.0 Å². The van der Waals surface area contributed by atoms with E-state index in [0.29, 0.717) is 13.2 Å². The van der Waals surface area contributed by atoms with Gasteiger partial charge in [0.1, 0.15) is 17.4 Å². The van der Waals surface area contributed by atoms with Crippen molar-refractivity contribution >= 4 is 16.9 Å². The summed E-state index contributed by atoms with van der Waals surface area (Å²) in [5.41, 5.74) is 5.96. The predicted molar refractivity (Wildman–Crippen MR) is 124 cm³/mol. The molecule has 8 heteroatoms. The number of aryl methyl sites for hydroxylation is 2. The third-order valence-corrected chi connectivity index (χ3v) is 6.03. The van der Waals surface area contributed by atoms with E-state index in [1.54, 1.807) is 7.11 Å². The lowest BCUT2D eigenvalue weighted by Crippen LogP contribution is -2.36. The van der Waals surface area contributed by atoms with Crippen molar-refractivity contribution in [3.8, 4) is 17.1 Å². The van der Waals surface area contributed by atoms with Crippen LogP contribution >= 0.6 is 0 Å². The highest BCUT2D eigenvalue weighted by atomic mass is 16.5. The lowest BCUT2D eigenvalue weighted by atomic mass is 10.1. The quantitative estimate of drug-likeness (QED) is 0.479. The molecule has 1 aromatic carbocycles. The van der Waals surface area contributed by atoms with E-state index in [-0.39, 0.29) is 6.10 Å². The van der Waals surface area contributed by atoms with Crippen LogP contribution in [0.1, 0.15) is 24.4 Å². The molecule has 0 radical (unpaired) electrons. The topological polar surface area (TPSA) is 70.2 Å². The van der Waals surface area contributed by atoms with Crippen molar-refractivity contribution in [2.75, 3.05) is 38.3 Å². The van der Waals surface area contributed by atoms with Crippen molar-refractivity contribution in [1.82, 2.24) is 24.3 Å². The molecule has 3 aromatic heterocycles. The second kappa shape index (κ2) is 8.37. The fourth-order valence-electron chi connectivity index (χ4n) is 4.18. The Morgan fingerprint density at radius 2 is 1.91 bits per heavy atom. The van der Waals surface area contributed by atoms with Crippen LogP contribution in [0.3, 0.4) is 0 Å². The standard InChI is InChI=1S/C24H28N6O2/c1-16-6-5-7-18(14-16)19-8-9-30(27-19)21-15-20(29-10-12-32-13-11-29)22-24(25-21)28(3)23(26-22)17(2)31-4/h5-9,14-15,17H,10-13H2,1-4H3/t17-/m1/s1. The second-order valence-corrected chi connectivity index (χ2v) is 8.19. The van der Waals surface area contributed by atoms with Crippen LogP contribution in [0, 0.1) is 6.92 Å². The summed E-state index contributed by atoms with van der Waals surface area (Å²) in [5.74, 6) is 1.61. The summed E-state index contributed by atoms with van der Waals surface area (Å²) in [7, 11) is 3.68. The van der Waals surface area contributed by atoms with Crippen molar-refractivity contribution in [1.29, 1.82) is 0 Å². The van der Waals surface area contributed by atoms with Gasteiger partial charge in [-0.15, -0.1) is 0 Å². The van der Waals surface area contributed by atoms with Gasteiger partial charge in [0, 0.05) is 45.1 Å². The Labute approximate surface area is 187 Å². The van der Waals surface area contributed by atoms with E-state index in [1.807, 2.05) is 35.5 Å². The number of ether oxygens (including phenoxy) is 2. The molecule has 1 aliphatic heterocycles. The zero-order valence-electron chi connectivity index (χ0n) is 18.9. The molecular weight excluding hydrogens is 404 g/mol. The van der Waals surface area contributed by atoms with Gasteiger partial charge in [-0.05, 0) is 26.0 Å². The Balaban J connectivity index is 1.64. The Hall–Kier alpha value is -3.23. The fourth-order valence-corrected chi connectivity index (χ4v) is 4.18. The Kier molecular flexibility index (Phi) is 5.40. The zero-order chi connectivity index (χ0) is 22.2. The molecule has 5 rings (SSSR count). The summed E-state index contributed by atoms with van der Waals surface area (Å²) in [4.78, 5) is 12.2. The van der Waals surface area contributed by atoms with Gasteiger partial charge in [0.05, 0.1) is 24.6 Å². The molecule has 1 aliphatic rings. The van der Waals surface area contributed by atoms with Gasteiger partial charge < -0.3 is 18.9 Å². The van der Waals surface area contributed by atoms with Crippen molar-refractivity contribution in [2.45, 2.75) is 20.0 Å². The summed E-state index contributed by atoms with van der Waals surface area (Å²) >= 11 is 0. The number of hydrogen-bond acceptors (Lipinski definition) is 6. The Morgan fingerprint density at radius 1 is 1.09 bits per heavy atom. The number of benzene rings is 1. The van der Waals surface area contributed by atoms with Crippen LogP contribution in [-0.2, 0) is 16.5 Å². The molecule has 0 bridgehead atoms. The first-order valence-electron chi connectivity index (χ1n) is 10.9. The highest BCUT2D eigenvalue weighted by Gasteiger charge is 2.23. The molecule has 32 heavy (non-hydrogen) atoms. The number of rotatable bonds is 5. The highest BCUT2D eigenvalue weighted by molar-refractivity contribution is 5.88. The molecule has 166 valence electrons. The molecule has 1 atom stereocenters. The number of fused-ring (bicyclic) bond motifs is 1. The van der Waals surface area contributed by atoms with Crippen LogP contribution in [0.15, 0.2) is 42.6 Å². The van der Waals surface area contributed by atoms with E-state index < -0.39 is 0 Å². The average Bonchev–Trinajstić information content (AvgIpc) is 3.44. The van der Waals surface area contributed by atoms with E-state index >= 15 is 0 Å². The van der Waals surface area contributed by atoms with Gasteiger partial charge >= 0.3 is 0 Å². The lowest BCUT2D eigenvalue weighted by Gasteiger charge is -2.29. The number of nitrogens with zero attached hydrogens (tertiary/aromatic N) is 6. The molecule has 0 amide bonds. The van der Waals surface area contributed by atoms with Crippen LogP contribution in [0.25, 0.3) is 28.2 Å². The summed E-state index contributed by atoms with van der Waals surface area (Å²) in [5, 5.41) is 4.83. The van der Waals surface area contributed by atoms with E-state index in [2.05, 4.69) is 42.2 Å². The number of hydrogen-bond donors (Lipinski definition) is 0. The molecule has 0 spiro atoms. The van der Waals surface area contributed by atoms with Crippen LogP contribution in [0.2, 0.25) is 0 Å². The molecule has 1 saturated heterocycles. The van der Waals surface area contributed by atoms with Crippen molar-refractivity contribution in [3.63, 3.8) is 0 Å². The van der Waals surface area contributed by atoms with E-state index in [1.165, 1.54) is 5.56 Å². The van der Waals surface area contributed by atoms with Crippen molar-refractivity contribution < 1.29 is 9.47 Å². The smallest absolute Gasteiger partial charge is 0.164 e. The van der Waals surface area contributed by atoms with E-state index in [4.69, 9.17) is 24.5 Å². The molecule has 0 N–H and O–H groups in total. The van der Waals surface area contributed by atoms with Gasteiger partial charge in [-0.3, -0.25) is 0 Å². The molecule has 8 nitrogen and oxygen atoms in total. The minimum absolute atomic E-state index is 0.132.